The van der Waals surface area contributed by atoms with E-state index in [-0.39, 0.29) is 23.8 Å². The van der Waals surface area contributed by atoms with E-state index in [0.717, 1.165) is 57.9 Å². The summed E-state index contributed by atoms with van der Waals surface area (Å²) in [6, 6.07) is 10.7. The molecular formula is C28H43NO4. The fourth-order valence-electron chi connectivity index (χ4n) is 4.47. The van der Waals surface area contributed by atoms with Crippen molar-refractivity contribution in [3.05, 3.63) is 48.0 Å². The topological polar surface area (TPSA) is 66.8 Å². The number of aliphatic hydroxyl groups is 1. The first kappa shape index (κ1) is 27.1. The van der Waals surface area contributed by atoms with Gasteiger partial charge in [0.2, 0.25) is 5.91 Å². The van der Waals surface area contributed by atoms with E-state index in [1.807, 2.05) is 17.1 Å². The van der Waals surface area contributed by atoms with Crippen molar-refractivity contribution >= 4 is 11.9 Å². The highest BCUT2D eigenvalue weighted by Gasteiger charge is 2.28. The number of benzene rings is 1. The molecule has 1 aromatic rings. The number of esters is 1. The van der Waals surface area contributed by atoms with Crippen molar-refractivity contribution < 1.29 is 19.4 Å². The van der Waals surface area contributed by atoms with Gasteiger partial charge < -0.3 is 14.7 Å². The van der Waals surface area contributed by atoms with Gasteiger partial charge in [-0.15, -0.1) is 0 Å². The minimum Gasteiger partial charge on any atom is -0.469 e. The molecule has 0 bridgehead atoms. The number of carbonyl (C=O) groups excluding carboxylic acids is 2. The summed E-state index contributed by atoms with van der Waals surface area (Å²) in [6.45, 7) is 2.86. The normalized spacial score (nSPS) is 18.1. The van der Waals surface area contributed by atoms with Crippen LogP contribution in [-0.2, 0) is 20.7 Å². The number of aliphatic hydroxyl groups excluding tert-OH is 1. The molecule has 1 fully saturated rings. The van der Waals surface area contributed by atoms with E-state index < -0.39 is 6.10 Å². The molecule has 1 saturated heterocycles. The molecule has 0 aliphatic carbocycles. The van der Waals surface area contributed by atoms with Crippen molar-refractivity contribution in [2.24, 2.45) is 5.92 Å². The minimum absolute atomic E-state index is 0.0975. The van der Waals surface area contributed by atoms with E-state index in [9.17, 15) is 14.7 Å². The SMILES string of the molecule is COC(=O)CCCCCCN1C(=O)CCC1C=C[C@@H](O)[C@H](C)CCCCCc1ccccc1. The Hall–Kier alpha value is -2.14. The standard InChI is InChI=1S/C28H43NO4/c1-23(13-7-5-8-14-24-15-9-6-10-16-24)26(30)20-18-25-19-21-27(31)29(25)22-12-4-3-11-17-28(32)33-2/h6,9-10,15-16,18,20,23,25-26,30H,3-5,7-8,11-14,17,19,21-22H2,1-2H3/t23-,25?,26-/m1/s1. The second-order valence-electron chi connectivity index (χ2n) is 9.37. The molecule has 1 unspecified atom stereocenters. The van der Waals surface area contributed by atoms with E-state index >= 15 is 0 Å². The van der Waals surface area contributed by atoms with Crippen LogP contribution in [0, 0.1) is 5.92 Å². The zero-order valence-electron chi connectivity index (χ0n) is 20.6. The van der Waals surface area contributed by atoms with Crippen LogP contribution in [0.25, 0.3) is 0 Å². The molecule has 0 saturated carbocycles. The van der Waals surface area contributed by atoms with Crippen LogP contribution in [0.3, 0.4) is 0 Å². The summed E-state index contributed by atoms with van der Waals surface area (Å²) in [7, 11) is 1.42. The van der Waals surface area contributed by atoms with E-state index in [1.165, 1.54) is 25.5 Å². The third-order valence-corrected chi connectivity index (χ3v) is 6.71. The fraction of sp³-hybridized carbons (Fsp3) is 0.643. The Balaban J connectivity index is 1.62. The zero-order chi connectivity index (χ0) is 23.9. The molecule has 0 radical (unpaired) electrons. The average Bonchev–Trinajstić information content (AvgIpc) is 3.18. The van der Waals surface area contributed by atoms with E-state index in [2.05, 4.69) is 42.0 Å². The maximum atomic E-state index is 12.3. The predicted octanol–water partition coefficient (Wildman–Crippen LogP) is 5.46. The molecule has 1 heterocycles. The van der Waals surface area contributed by atoms with Crippen molar-refractivity contribution in [3.63, 3.8) is 0 Å². The summed E-state index contributed by atoms with van der Waals surface area (Å²) in [6.07, 6.45) is 14.7. The van der Waals surface area contributed by atoms with Crippen LogP contribution >= 0.6 is 0 Å². The van der Waals surface area contributed by atoms with Gasteiger partial charge in [0, 0.05) is 19.4 Å². The molecule has 5 nitrogen and oxygen atoms in total. The number of unbranched alkanes of at least 4 members (excludes halogenated alkanes) is 5. The van der Waals surface area contributed by atoms with Crippen molar-refractivity contribution in [1.82, 2.24) is 4.90 Å². The molecule has 3 atom stereocenters. The minimum atomic E-state index is -0.463. The van der Waals surface area contributed by atoms with Gasteiger partial charge in [-0.3, -0.25) is 9.59 Å². The number of hydrogen-bond donors (Lipinski definition) is 1. The molecule has 0 spiro atoms. The monoisotopic (exact) mass is 457 g/mol. The van der Waals surface area contributed by atoms with Crippen LogP contribution in [0.2, 0.25) is 0 Å². The number of aryl methyl sites for hydroxylation is 1. The molecule has 2 rings (SSSR count). The Morgan fingerprint density at radius 2 is 1.85 bits per heavy atom. The molecule has 0 aromatic heterocycles. The summed E-state index contributed by atoms with van der Waals surface area (Å²) in [4.78, 5) is 25.4. The highest BCUT2D eigenvalue weighted by atomic mass is 16.5. The first-order chi connectivity index (χ1) is 16.0. The number of hydrogen-bond acceptors (Lipinski definition) is 4. The number of amides is 1. The number of rotatable bonds is 16. The molecule has 1 aromatic carbocycles. The number of likely N-dealkylation sites (tertiary alicyclic amines) is 1. The van der Waals surface area contributed by atoms with Gasteiger partial charge in [0.15, 0.2) is 0 Å². The molecular weight excluding hydrogens is 414 g/mol. The van der Waals surface area contributed by atoms with E-state index in [1.54, 1.807) is 0 Å². The van der Waals surface area contributed by atoms with Gasteiger partial charge in [0.25, 0.3) is 0 Å². The quantitative estimate of drug-likeness (QED) is 0.203. The van der Waals surface area contributed by atoms with Crippen LogP contribution in [0.15, 0.2) is 42.5 Å². The summed E-state index contributed by atoms with van der Waals surface area (Å²) >= 11 is 0. The van der Waals surface area contributed by atoms with Crippen LogP contribution < -0.4 is 0 Å². The molecule has 1 aliphatic rings. The second kappa shape index (κ2) is 15.7. The summed E-state index contributed by atoms with van der Waals surface area (Å²) < 4.78 is 4.66. The van der Waals surface area contributed by atoms with Crippen LogP contribution in [0.5, 0.6) is 0 Å². The lowest BCUT2D eigenvalue weighted by molar-refractivity contribution is -0.140. The summed E-state index contributed by atoms with van der Waals surface area (Å²) in [5.41, 5.74) is 1.39. The Morgan fingerprint density at radius 1 is 1.12 bits per heavy atom. The summed E-state index contributed by atoms with van der Waals surface area (Å²) in [5.74, 6) is 0.272. The highest BCUT2D eigenvalue weighted by Crippen LogP contribution is 2.22. The molecule has 5 heteroatoms. The molecule has 33 heavy (non-hydrogen) atoms. The maximum absolute atomic E-state index is 12.3. The maximum Gasteiger partial charge on any atom is 0.305 e. The van der Waals surface area contributed by atoms with Crippen LogP contribution in [0.4, 0.5) is 0 Å². The van der Waals surface area contributed by atoms with E-state index in [0.29, 0.717) is 12.8 Å². The van der Waals surface area contributed by atoms with Crippen molar-refractivity contribution in [2.45, 2.75) is 96.1 Å². The van der Waals surface area contributed by atoms with Gasteiger partial charge in [0.05, 0.1) is 19.3 Å². The van der Waals surface area contributed by atoms with Gasteiger partial charge in [-0.2, -0.15) is 0 Å². The Labute approximate surface area is 200 Å². The first-order valence-corrected chi connectivity index (χ1v) is 12.8. The van der Waals surface area contributed by atoms with Gasteiger partial charge in [0.1, 0.15) is 0 Å². The molecule has 1 amide bonds. The number of nitrogens with zero attached hydrogens (tertiary/aromatic N) is 1. The predicted molar refractivity (Wildman–Crippen MR) is 133 cm³/mol. The highest BCUT2D eigenvalue weighted by molar-refractivity contribution is 5.79. The Kier molecular flexibility index (Phi) is 12.9. The Bertz CT molecular complexity index is 718. The van der Waals surface area contributed by atoms with Gasteiger partial charge in [-0.05, 0) is 50.0 Å². The van der Waals surface area contributed by atoms with Crippen molar-refractivity contribution in [2.75, 3.05) is 13.7 Å². The number of carbonyl (C=O) groups is 2. The van der Waals surface area contributed by atoms with Crippen molar-refractivity contribution in [3.8, 4) is 0 Å². The smallest absolute Gasteiger partial charge is 0.305 e. The van der Waals surface area contributed by atoms with E-state index in [4.69, 9.17) is 0 Å². The van der Waals surface area contributed by atoms with Gasteiger partial charge >= 0.3 is 5.97 Å². The number of methoxy groups -OCH3 is 1. The van der Waals surface area contributed by atoms with Gasteiger partial charge in [-0.1, -0.05) is 75.1 Å². The van der Waals surface area contributed by atoms with Crippen LogP contribution in [0.1, 0.15) is 83.1 Å². The Morgan fingerprint density at radius 3 is 2.61 bits per heavy atom. The van der Waals surface area contributed by atoms with Crippen molar-refractivity contribution in [1.29, 1.82) is 0 Å². The second-order valence-corrected chi connectivity index (χ2v) is 9.37. The third-order valence-electron chi connectivity index (χ3n) is 6.71. The molecule has 184 valence electrons. The third kappa shape index (κ3) is 10.6. The fourth-order valence-corrected chi connectivity index (χ4v) is 4.47. The lowest BCUT2D eigenvalue weighted by Gasteiger charge is -2.23. The molecule has 1 N–H and O–H groups in total. The average molecular weight is 458 g/mol. The lowest BCUT2D eigenvalue weighted by atomic mass is 9.95. The first-order valence-electron chi connectivity index (χ1n) is 12.8. The zero-order valence-corrected chi connectivity index (χ0v) is 20.6. The van der Waals surface area contributed by atoms with Gasteiger partial charge in [-0.25, -0.2) is 0 Å². The largest absolute Gasteiger partial charge is 0.469 e. The number of ether oxygens (including phenoxy) is 1. The summed E-state index contributed by atoms with van der Waals surface area (Å²) in [5, 5.41) is 10.6. The molecule has 1 aliphatic heterocycles. The lowest BCUT2D eigenvalue weighted by Crippen LogP contribution is -2.33. The van der Waals surface area contributed by atoms with Crippen LogP contribution in [-0.4, -0.2) is 47.7 Å².